The van der Waals surface area contributed by atoms with Crippen molar-refractivity contribution in [3.63, 3.8) is 0 Å². The summed E-state index contributed by atoms with van der Waals surface area (Å²) in [4.78, 5) is 20.9. The van der Waals surface area contributed by atoms with Crippen LogP contribution in [0.5, 0.6) is 0 Å². The molecule has 0 saturated carbocycles. The van der Waals surface area contributed by atoms with E-state index in [1.54, 1.807) is 4.68 Å². The predicted octanol–water partition coefficient (Wildman–Crippen LogP) is 6.87. The monoisotopic (exact) mass is 586 g/mol. The van der Waals surface area contributed by atoms with Crippen LogP contribution >= 0.6 is 0 Å². The van der Waals surface area contributed by atoms with Gasteiger partial charge in [-0.25, -0.2) is 4.79 Å². The Hall–Kier alpha value is -4.53. The number of hydrogen-bond acceptors (Lipinski definition) is 5. The number of morpholine rings is 2. The van der Waals surface area contributed by atoms with E-state index < -0.39 is 0 Å². The maximum atomic E-state index is 13.6. The summed E-state index contributed by atoms with van der Waals surface area (Å²) in [6.45, 7) is 9.32. The van der Waals surface area contributed by atoms with Gasteiger partial charge in [0.2, 0.25) is 0 Å². The number of aryl methyl sites for hydroxylation is 1. The lowest BCUT2D eigenvalue weighted by Crippen LogP contribution is -2.66. The largest absolute Gasteiger partial charge is 0.374 e. The van der Waals surface area contributed by atoms with E-state index >= 15 is 0 Å². The third kappa shape index (κ3) is 5.36. The smallest absolute Gasteiger partial charge is 0.323 e. The van der Waals surface area contributed by atoms with Crippen molar-refractivity contribution in [3.8, 4) is 22.3 Å². The molecule has 2 bridgehead atoms. The van der Waals surface area contributed by atoms with Gasteiger partial charge in [-0.3, -0.25) is 14.6 Å². The lowest BCUT2D eigenvalue weighted by molar-refractivity contribution is -0.159. The van der Waals surface area contributed by atoms with Gasteiger partial charge >= 0.3 is 6.03 Å². The van der Waals surface area contributed by atoms with Gasteiger partial charge in [0, 0.05) is 72.8 Å². The fourth-order valence-corrected chi connectivity index (χ4v) is 6.48. The molecule has 5 aromatic rings. The second-order valence-electron chi connectivity index (χ2n) is 12.9. The first-order valence-corrected chi connectivity index (χ1v) is 15.3. The molecule has 0 radical (unpaired) electrons. The summed E-state index contributed by atoms with van der Waals surface area (Å²) in [6, 6.07) is 22.8. The van der Waals surface area contributed by atoms with Crippen molar-refractivity contribution in [1.29, 1.82) is 0 Å². The molecule has 2 aliphatic heterocycles. The van der Waals surface area contributed by atoms with Crippen LogP contribution in [0.2, 0.25) is 0 Å². The minimum atomic E-state index is -0.299. The van der Waals surface area contributed by atoms with Crippen molar-refractivity contribution in [3.05, 3.63) is 96.6 Å². The van der Waals surface area contributed by atoms with Crippen molar-refractivity contribution in [2.45, 2.75) is 44.8 Å². The average molecular weight is 587 g/mol. The van der Waals surface area contributed by atoms with Crippen LogP contribution in [0.1, 0.15) is 32.0 Å². The van der Waals surface area contributed by atoms with Gasteiger partial charge in [0.25, 0.3) is 0 Å². The van der Waals surface area contributed by atoms with Crippen LogP contribution in [-0.2, 0) is 23.6 Å². The Morgan fingerprint density at radius 2 is 1.75 bits per heavy atom. The molecule has 2 N–H and O–H groups in total. The number of amides is 2. The Labute approximate surface area is 258 Å². The fraction of sp³-hybridized carbons (Fsp3) is 0.306. The highest BCUT2D eigenvalue weighted by Gasteiger charge is 2.43. The van der Waals surface area contributed by atoms with E-state index in [0.29, 0.717) is 12.1 Å². The number of aromatic nitrogens is 3. The van der Waals surface area contributed by atoms with Gasteiger partial charge in [-0.1, -0.05) is 69.3 Å². The number of pyridine rings is 1. The topological polar surface area (TPSA) is 84.3 Å². The molecular formula is C36H38N6O2. The molecule has 0 aliphatic carbocycles. The van der Waals surface area contributed by atoms with Crippen molar-refractivity contribution in [2.24, 2.45) is 7.05 Å². The second kappa shape index (κ2) is 11.2. The van der Waals surface area contributed by atoms with E-state index in [1.807, 2.05) is 49.9 Å². The van der Waals surface area contributed by atoms with Gasteiger partial charge in [-0.2, -0.15) is 5.10 Å². The molecular weight excluding hydrogens is 548 g/mol. The molecule has 0 spiro atoms. The highest BCUT2D eigenvalue weighted by atomic mass is 16.5. The standard InChI is InChI=1S/C36H38N6O2/c1-36(2,3)24-11-12-25(23-20-38-41(4)21-23)32(18-24)40-35(43)39-30-14-13-27(26-8-5-6-9-28(26)30)29-10-7-15-37-31(29)19-33-34-22-42(33)16-17-44-34/h5-15,18,20-21,33-34H,16-17,19,22H2,1-4H3,(H2,39,40,43). The number of benzene rings is 3. The lowest BCUT2D eigenvalue weighted by atomic mass is 9.85. The van der Waals surface area contributed by atoms with Gasteiger partial charge in [0.1, 0.15) is 0 Å². The Balaban J connectivity index is 1.19. The number of nitrogens with one attached hydrogen (secondary N) is 2. The van der Waals surface area contributed by atoms with Crippen LogP contribution in [-0.4, -0.2) is 57.5 Å². The third-order valence-corrected chi connectivity index (χ3v) is 8.93. The van der Waals surface area contributed by atoms with E-state index in [0.717, 1.165) is 81.8 Å². The summed E-state index contributed by atoms with van der Waals surface area (Å²) < 4.78 is 7.74. The normalized spacial score (nSPS) is 19.4. The molecule has 224 valence electrons. The summed E-state index contributed by atoms with van der Waals surface area (Å²) in [5.41, 5.74) is 7.71. The van der Waals surface area contributed by atoms with Crippen LogP contribution in [0.25, 0.3) is 33.0 Å². The molecule has 2 aliphatic rings. The molecule has 3 unspecified atom stereocenters. The number of anilines is 2. The number of ether oxygens (including phenoxy) is 1. The number of carbonyl (C=O) groups is 1. The predicted molar refractivity (Wildman–Crippen MR) is 176 cm³/mol. The number of fused-ring (bicyclic) bond motifs is 3. The summed E-state index contributed by atoms with van der Waals surface area (Å²) in [7, 11) is 1.89. The summed E-state index contributed by atoms with van der Waals surface area (Å²) in [5, 5.41) is 12.7. The molecule has 4 heterocycles. The summed E-state index contributed by atoms with van der Waals surface area (Å²) >= 11 is 0. The maximum Gasteiger partial charge on any atom is 0.323 e. The van der Waals surface area contributed by atoms with E-state index in [-0.39, 0.29) is 11.4 Å². The minimum Gasteiger partial charge on any atom is -0.374 e. The first kappa shape index (κ1) is 28.3. The molecule has 44 heavy (non-hydrogen) atoms. The Bertz CT molecular complexity index is 1840. The molecule has 8 nitrogen and oxygen atoms in total. The highest BCUT2D eigenvalue weighted by molar-refractivity contribution is 6.10. The zero-order chi connectivity index (χ0) is 30.4. The molecule has 3 aromatic carbocycles. The maximum absolute atomic E-state index is 13.6. The quantitative estimate of drug-likeness (QED) is 0.227. The van der Waals surface area contributed by atoms with Crippen molar-refractivity contribution < 1.29 is 9.53 Å². The van der Waals surface area contributed by atoms with Gasteiger partial charge < -0.3 is 15.4 Å². The number of rotatable bonds is 6. The number of carbonyl (C=O) groups excluding carboxylic acids is 1. The van der Waals surface area contributed by atoms with Crippen LogP contribution in [0.3, 0.4) is 0 Å². The zero-order valence-corrected chi connectivity index (χ0v) is 25.7. The lowest BCUT2D eigenvalue weighted by Gasteiger charge is -2.52. The first-order chi connectivity index (χ1) is 21.2. The fourth-order valence-electron chi connectivity index (χ4n) is 6.48. The number of hydrogen-bond donors (Lipinski definition) is 2. The molecule has 7 rings (SSSR count). The van der Waals surface area contributed by atoms with Crippen molar-refractivity contribution >= 4 is 28.2 Å². The van der Waals surface area contributed by atoms with Crippen LogP contribution in [0, 0.1) is 0 Å². The van der Waals surface area contributed by atoms with E-state index in [1.165, 1.54) is 0 Å². The van der Waals surface area contributed by atoms with E-state index in [9.17, 15) is 4.79 Å². The van der Waals surface area contributed by atoms with E-state index in [2.05, 4.69) is 83.9 Å². The zero-order valence-electron chi connectivity index (χ0n) is 25.7. The van der Waals surface area contributed by atoms with E-state index in [4.69, 9.17) is 9.72 Å². The number of nitrogens with zero attached hydrogens (tertiary/aromatic N) is 4. The molecule has 3 atom stereocenters. The SMILES string of the molecule is Cn1cc(-c2ccc(C(C)(C)C)cc2NC(=O)Nc2ccc(-c3cccnc3CC3C4CN3CCO4)c3ccccc23)cn1. The van der Waals surface area contributed by atoms with Gasteiger partial charge in [0.05, 0.1) is 30.3 Å². The second-order valence-corrected chi connectivity index (χ2v) is 12.9. The van der Waals surface area contributed by atoms with Gasteiger partial charge in [-0.15, -0.1) is 0 Å². The molecule has 8 heteroatoms. The Kier molecular flexibility index (Phi) is 7.19. The minimum absolute atomic E-state index is 0.0701. The van der Waals surface area contributed by atoms with Gasteiger partial charge in [0.15, 0.2) is 0 Å². The summed E-state index contributed by atoms with van der Waals surface area (Å²) in [5.74, 6) is 0. The van der Waals surface area contributed by atoms with Crippen molar-refractivity contribution in [2.75, 3.05) is 30.3 Å². The molecule has 2 fully saturated rings. The van der Waals surface area contributed by atoms with Crippen LogP contribution < -0.4 is 10.6 Å². The van der Waals surface area contributed by atoms with Crippen LogP contribution in [0.15, 0.2) is 85.3 Å². The van der Waals surface area contributed by atoms with Crippen molar-refractivity contribution in [1.82, 2.24) is 19.7 Å². The van der Waals surface area contributed by atoms with Crippen LogP contribution in [0.4, 0.5) is 16.2 Å². The first-order valence-electron chi connectivity index (χ1n) is 15.3. The Morgan fingerprint density at radius 3 is 2.48 bits per heavy atom. The average Bonchev–Trinajstić information content (AvgIpc) is 3.46. The molecule has 2 saturated heterocycles. The summed E-state index contributed by atoms with van der Waals surface area (Å²) in [6.07, 6.45) is 6.79. The molecule has 2 amide bonds. The molecule has 2 aromatic heterocycles. The third-order valence-electron chi connectivity index (χ3n) is 8.93. The highest BCUT2D eigenvalue weighted by Crippen LogP contribution is 2.37. The van der Waals surface area contributed by atoms with Gasteiger partial charge in [-0.05, 0) is 40.1 Å². The Morgan fingerprint density at radius 1 is 0.955 bits per heavy atom. The number of urea groups is 1.